The molecule has 6 nitrogen and oxygen atoms in total. The molecule has 0 bridgehead atoms. The van der Waals surface area contributed by atoms with Crippen LogP contribution in [0.15, 0.2) is 0 Å². The fourth-order valence-electron chi connectivity index (χ4n) is 5.18. The molecule has 1 saturated carbocycles. The topological polar surface area (TPSA) is 69.7 Å². The highest BCUT2D eigenvalue weighted by Gasteiger charge is 2.37. The molecular formula is C23H39N3O3. The van der Waals surface area contributed by atoms with Gasteiger partial charge in [-0.15, -0.1) is 0 Å². The van der Waals surface area contributed by atoms with E-state index in [2.05, 4.69) is 5.32 Å². The largest absolute Gasteiger partial charge is 0.344 e. The summed E-state index contributed by atoms with van der Waals surface area (Å²) < 4.78 is 0. The molecule has 0 radical (unpaired) electrons. The van der Waals surface area contributed by atoms with Crippen LogP contribution in [-0.4, -0.2) is 59.7 Å². The van der Waals surface area contributed by atoms with Gasteiger partial charge in [-0.3, -0.25) is 14.4 Å². The summed E-state index contributed by atoms with van der Waals surface area (Å²) >= 11 is 0. The summed E-state index contributed by atoms with van der Waals surface area (Å²) in [7, 11) is 0. The maximum Gasteiger partial charge on any atom is 0.245 e. The number of nitrogens with zero attached hydrogens (tertiary/aromatic N) is 2. The van der Waals surface area contributed by atoms with Crippen molar-refractivity contribution in [2.75, 3.05) is 26.2 Å². The molecule has 0 aromatic carbocycles. The van der Waals surface area contributed by atoms with Gasteiger partial charge in [-0.1, -0.05) is 26.7 Å². The molecule has 1 atom stereocenters. The van der Waals surface area contributed by atoms with Crippen molar-refractivity contribution in [1.82, 2.24) is 15.1 Å². The van der Waals surface area contributed by atoms with Crippen molar-refractivity contribution in [3.05, 3.63) is 0 Å². The van der Waals surface area contributed by atoms with Crippen molar-refractivity contribution in [1.29, 1.82) is 0 Å². The van der Waals surface area contributed by atoms with Crippen LogP contribution in [0, 0.1) is 17.8 Å². The first-order valence-electron chi connectivity index (χ1n) is 11.8. The zero-order valence-corrected chi connectivity index (χ0v) is 18.3. The molecule has 0 spiro atoms. The van der Waals surface area contributed by atoms with Crippen molar-refractivity contribution in [3.8, 4) is 0 Å². The number of nitrogens with one attached hydrogen (secondary N) is 1. The van der Waals surface area contributed by atoms with Gasteiger partial charge in [0.05, 0.1) is 0 Å². The number of piperidine rings is 2. The Morgan fingerprint density at radius 1 is 0.828 bits per heavy atom. The molecule has 3 rings (SSSR count). The SMILES string of the molecule is CC(C)CC(=O)NC(C(=O)N1CCCCC1)C1CCN(C(=O)C2CCCC2)CC1. The maximum atomic E-state index is 13.3. The molecule has 2 saturated heterocycles. The van der Waals surface area contributed by atoms with Crippen LogP contribution >= 0.6 is 0 Å². The highest BCUT2D eigenvalue weighted by molar-refractivity contribution is 5.88. The Morgan fingerprint density at radius 2 is 1.45 bits per heavy atom. The first-order valence-corrected chi connectivity index (χ1v) is 11.8. The highest BCUT2D eigenvalue weighted by atomic mass is 16.2. The minimum atomic E-state index is -0.442. The number of hydrogen-bond acceptors (Lipinski definition) is 3. The number of carbonyl (C=O) groups excluding carboxylic acids is 3. The molecule has 0 aromatic heterocycles. The molecular weight excluding hydrogens is 366 g/mol. The molecule has 6 heteroatoms. The van der Waals surface area contributed by atoms with E-state index in [0.29, 0.717) is 25.4 Å². The Morgan fingerprint density at radius 3 is 2.03 bits per heavy atom. The van der Waals surface area contributed by atoms with Gasteiger partial charge >= 0.3 is 0 Å². The van der Waals surface area contributed by atoms with Gasteiger partial charge in [-0.05, 0) is 56.8 Å². The fourth-order valence-corrected chi connectivity index (χ4v) is 5.18. The van der Waals surface area contributed by atoms with Crippen LogP contribution in [0.5, 0.6) is 0 Å². The lowest BCUT2D eigenvalue weighted by atomic mass is 9.87. The molecule has 2 heterocycles. The van der Waals surface area contributed by atoms with E-state index in [9.17, 15) is 14.4 Å². The molecule has 1 unspecified atom stereocenters. The van der Waals surface area contributed by atoms with Gasteiger partial charge in [0.15, 0.2) is 0 Å². The minimum absolute atomic E-state index is 0.0279. The van der Waals surface area contributed by atoms with Gasteiger partial charge in [0.1, 0.15) is 6.04 Å². The monoisotopic (exact) mass is 405 g/mol. The second-order valence-electron chi connectivity index (χ2n) is 9.67. The lowest BCUT2D eigenvalue weighted by molar-refractivity contribution is -0.141. The van der Waals surface area contributed by atoms with Crippen LogP contribution in [0.25, 0.3) is 0 Å². The van der Waals surface area contributed by atoms with Crippen LogP contribution in [0.3, 0.4) is 0 Å². The third-order valence-electron chi connectivity index (χ3n) is 6.87. The van der Waals surface area contributed by atoms with E-state index in [-0.39, 0.29) is 29.6 Å². The Bertz CT molecular complexity index is 572. The van der Waals surface area contributed by atoms with Crippen LogP contribution in [-0.2, 0) is 14.4 Å². The molecule has 3 fully saturated rings. The number of carbonyl (C=O) groups is 3. The Labute approximate surface area is 175 Å². The van der Waals surface area contributed by atoms with Crippen molar-refractivity contribution < 1.29 is 14.4 Å². The van der Waals surface area contributed by atoms with Crippen molar-refractivity contribution in [2.45, 2.75) is 84.1 Å². The fraction of sp³-hybridized carbons (Fsp3) is 0.870. The second-order valence-corrected chi connectivity index (χ2v) is 9.67. The molecule has 3 aliphatic rings. The van der Waals surface area contributed by atoms with Gasteiger partial charge in [-0.25, -0.2) is 0 Å². The second kappa shape index (κ2) is 10.4. The number of amides is 3. The number of rotatable bonds is 6. The molecule has 3 amide bonds. The molecule has 29 heavy (non-hydrogen) atoms. The van der Waals surface area contributed by atoms with Crippen LogP contribution in [0.4, 0.5) is 0 Å². The van der Waals surface area contributed by atoms with Crippen molar-refractivity contribution in [2.24, 2.45) is 17.8 Å². The highest BCUT2D eigenvalue weighted by Crippen LogP contribution is 2.30. The quantitative estimate of drug-likeness (QED) is 0.739. The molecule has 0 aromatic rings. The third kappa shape index (κ3) is 5.95. The standard InChI is InChI=1S/C23H39N3O3/c1-17(2)16-20(27)24-21(23(29)25-12-6-3-7-13-25)18-10-14-26(15-11-18)22(28)19-8-4-5-9-19/h17-19,21H,3-16H2,1-2H3,(H,24,27). The van der Waals surface area contributed by atoms with Gasteiger partial charge in [0, 0.05) is 38.5 Å². The molecule has 2 aliphatic heterocycles. The van der Waals surface area contributed by atoms with Gasteiger partial charge in [0.2, 0.25) is 17.7 Å². The van der Waals surface area contributed by atoms with E-state index in [1.54, 1.807) is 0 Å². The summed E-state index contributed by atoms with van der Waals surface area (Å²) in [6.45, 7) is 7.07. The molecule has 1 N–H and O–H groups in total. The van der Waals surface area contributed by atoms with E-state index in [4.69, 9.17) is 0 Å². The predicted molar refractivity (Wildman–Crippen MR) is 113 cm³/mol. The maximum absolute atomic E-state index is 13.3. The first-order chi connectivity index (χ1) is 14.0. The lowest BCUT2D eigenvalue weighted by Crippen LogP contribution is -2.55. The average molecular weight is 406 g/mol. The Hall–Kier alpha value is -1.59. The van der Waals surface area contributed by atoms with E-state index < -0.39 is 6.04 Å². The molecule has 164 valence electrons. The summed E-state index contributed by atoms with van der Waals surface area (Å²) in [4.78, 5) is 42.5. The zero-order valence-electron chi connectivity index (χ0n) is 18.3. The normalized spacial score (nSPS) is 22.7. The van der Waals surface area contributed by atoms with Crippen LogP contribution < -0.4 is 5.32 Å². The summed E-state index contributed by atoms with van der Waals surface area (Å²) in [6.07, 6.45) is 9.70. The van der Waals surface area contributed by atoms with Gasteiger partial charge in [0.25, 0.3) is 0 Å². The third-order valence-corrected chi connectivity index (χ3v) is 6.87. The lowest BCUT2D eigenvalue weighted by Gasteiger charge is -2.39. The van der Waals surface area contributed by atoms with Gasteiger partial charge < -0.3 is 15.1 Å². The van der Waals surface area contributed by atoms with E-state index in [0.717, 1.165) is 51.6 Å². The average Bonchev–Trinajstić information content (AvgIpc) is 3.26. The Kier molecular flexibility index (Phi) is 7.96. The summed E-state index contributed by atoms with van der Waals surface area (Å²) in [5.74, 6) is 0.966. The van der Waals surface area contributed by atoms with E-state index in [1.165, 1.54) is 19.3 Å². The smallest absolute Gasteiger partial charge is 0.245 e. The van der Waals surface area contributed by atoms with E-state index in [1.807, 2.05) is 23.6 Å². The van der Waals surface area contributed by atoms with Crippen LogP contribution in [0.1, 0.15) is 78.1 Å². The number of likely N-dealkylation sites (tertiary alicyclic amines) is 2. The van der Waals surface area contributed by atoms with E-state index >= 15 is 0 Å². The van der Waals surface area contributed by atoms with Crippen molar-refractivity contribution >= 4 is 17.7 Å². The summed E-state index contributed by atoms with van der Waals surface area (Å²) in [5, 5.41) is 3.08. The van der Waals surface area contributed by atoms with Crippen LogP contribution in [0.2, 0.25) is 0 Å². The summed E-state index contributed by atoms with van der Waals surface area (Å²) in [6, 6.07) is -0.442. The molecule has 1 aliphatic carbocycles. The zero-order chi connectivity index (χ0) is 20.8. The minimum Gasteiger partial charge on any atom is -0.344 e. The van der Waals surface area contributed by atoms with Gasteiger partial charge in [-0.2, -0.15) is 0 Å². The summed E-state index contributed by atoms with van der Waals surface area (Å²) in [5.41, 5.74) is 0. The predicted octanol–water partition coefficient (Wildman–Crippen LogP) is 2.96. The number of hydrogen-bond donors (Lipinski definition) is 1. The first kappa shape index (κ1) is 22.1. The Balaban J connectivity index is 1.61. The van der Waals surface area contributed by atoms with Crippen molar-refractivity contribution in [3.63, 3.8) is 0 Å².